The third-order valence-electron chi connectivity index (χ3n) is 2.51. The first kappa shape index (κ1) is 15.5. The Hall–Kier alpha value is -0.590. The molecule has 102 valence electrons. The van der Waals surface area contributed by atoms with Gasteiger partial charge in [-0.1, -0.05) is 29.8 Å². The number of sulfonamides is 1. The maximum atomic E-state index is 11.9. The molecule has 0 aromatic heterocycles. The van der Waals surface area contributed by atoms with Gasteiger partial charge in [-0.05, 0) is 36.7 Å². The highest BCUT2D eigenvalue weighted by atomic mass is 79.9. The van der Waals surface area contributed by atoms with Gasteiger partial charge in [0, 0.05) is 11.0 Å². The lowest BCUT2D eigenvalue weighted by atomic mass is 10.1. The van der Waals surface area contributed by atoms with Crippen LogP contribution in [0.25, 0.3) is 0 Å². The van der Waals surface area contributed by atoms with Gasteiger partial charge in [0.2, 0.25) is 10.0 Å². The average molecular weight is 335 g/mol. The smallest absolute Gasteiger partial charge is 0.233 e. The average Bonchev–Trinajstić information content (AvgIpc) is 2.31. The highest BCUT2D eigenvalue weighted by molar-refractivity contribution is 9.10. The predicted octanol–water partition coefficient (Wildman–Crippen LogP) is 2.36. The summed E-state index contributed by atoms with van der Waals surface area (Å²) in [5.74, 6) is 0.0834. The molecule has 0 radical (unpaired) electrons. The molecule has 0 aliphatic heterocycles. The number of aryl methyl sites for hydroxylation is 1. The molecule has 0 saturated carbocycles. The maximum absolute atomic E-state index is 11.9. The summed E-state index contributed by atoms with van der Waals surface area (Å²) in [5, 5.41) is 3.00. The van der Waals surface area contributed by atoms with E-state index in [1.807, 2.05) is 26.0 Å². The third kappa shape index (κ3) is 4.96. The topological polar surface area (TPSA) is 58.2 Å². The van der Waals surface area contributed by atoms with Crippen LogP contribution in [0, 0.1) is 0 Å². The van der Waals surface area contributed by atoms with Gasteiger partial charge in [0.1, 0.15) is 0 Å². The van der Waals surface area contributed by atoms with E-state index in [-0.39, 0.29) is 5.75 Å². The van der Waals surface area contributed by atoms with Crippen LogP contribution in [0.5, 0.6) is 0 Å². The third-order valence-corrected chi connectivity index (χ3v) is 4.28. The standard InChI is InChI=1S/C12H19BrN2O2S/c1-3-10-9-11(13)5-6-12(10)15-18(16,17)8-7-14-4-2/h5-6,9,14-15H,3-4,7-8H2,1-2H3. The van der Waals surface area contributed by atoms with E-state index in [1.54, 1.807) is 6.07 Å². The molecule has 18 heavy (non-hydrogen) atoms. The zero-order valence-electron chi connectivity index (χ0n) is 10.7. The van der Waals surface area contributed by atoms with Gasteiger partial charge in [-0.2, -0.15) is 0 Å². The Bertz CT molecular complexity index is 489. The molecular formula is C12H19BrN2O2S. The van der Waals surface area contributed by atoms with Crippen molar-refractivity contribution in [2.24, 2.45) is 0 Å². The minimum Gasteiger partial charge on any atom is -0.316 e. The molecule has 0 aliphatic rings. The van der Waals surface area contributed by atoms with Crippen LogP contribution in [-0.2, 0) is 16.4 Å². The summed E-state index contributed by atoms with van der Waals surface area (Å²) in [6.45, 7) is 5.18. The molecule has 0 fully saturated rings. The van der Waals surface area contributed by atoms with Crippen molar-refractivity contribution < 1.29 is 8.42 Å². The van der Waals surface area contributed by atoms with Crippen molar-refractivity contribution >= 4 is 31.6 Å². The molecule has 2 N–H and O–H groups in total. The van der Waals surface area contributed by atoms with Crippen LogP contribution in [-0.4, -0.2) is 27.3 Å². The highest BCUT2D eigenvalue weighted by Gasteiger charge is 2.12. The Balaban J connectivity index is 2.77. The van der Waals surface area contributed by atoms with Gasteiger partial charge in [0.25, 0.3) is 0 Å². The van der Waals surface area contributed by atoms with E-state index in [9.17, 15) is 8.42 Å². The monoisotopic (exact) mass is 334 g/mol. The molecule has 0 amide bonds. The van der Waals surface area contributed by atoms with Crippen LogP contribution >= 0.6 is 15.9 Å². The summed E-state index contributed by atoms with van der Waals surface area (Å²) < 4.78 is 27.3. The number of nitrogens with one attached hydrogen (secondary N) is 2. The van der Waals surface area contributed by atoms with Crippen molar-refractivity contribution in [1.29, 1.82) is 0 Å². The predicted molar refractivity (Wildman–Crippen MR) is 79.5 cm³/mol. The number of hydrogen-bond acceptors (Lipinski definition) is 3. The maximum Gasteiger partial charge on any atom is 0.233 e. The number of hydrogen-bond donors (Lipinski definition) is 2. The molecule has 6 heteroatoms. The van der Waals surface area contributed by atoms with Crippen molar-refractivity contribution in [3.05, 3.63) is 28.2 Å². The van der Waals surface area contributed by atoms with Crippen LogP contribution in [0.2, 0.25) is 0 Å². The van der Waals surface area contributed by atoms with E-state index in [1.165, 1.54) is 0 Å². The first-order valence-corrected chi connectivity index (χ1v) is 8.42. The molecule has 0 saturated heterocycles. The molecule has 0 aliphatic carbocycles. The van der Waals surface area contributed by atoms with Gasteiger partial charge in [-0.3, -0.25) is 4.72 Å². The fourth-order valence-corrected chi connectivity index (χ4v) is 3.01. The Morgan fingerprint density at radius 3 is 2.61 bits per heavy atom. The summed E-state index contributed by atoms with van der Waals surface area (Å²) in [5.41, 5.74) is 1.65. The first-order chi connectivity index (χ1) is 8.48. The summed E-state index contributed by atoms with van der Waals surface area (Å²) in [6.07, 6.45) is 0.782. The number of rotatable bonds is 7. The molecule has 0 bridgehead atoms. The Morgan fingerprint density at radius 2 is 2.00 bits per heavy atom. The summed E-state index contributed by atoms with van der Waals surface area (Å²) >= 11 is 3.38. The molecule has 0 atom stereocenters. The van der Waals surface area contributed by atoms with Gasteiger partial charge in [-0.25, -0.2) is 8.42 Å². The van der Waals surface area contributed by atoms with E-state index in [2.05, 4.69) is 26.0 Å². The second-order valence-electron chi connectivity index (χ2n) is 3.93. The fourth-order valence-electron chi connectivity index (χ4n) is 1.56. The van der Waals surface area contributed by atoms with Crippen LogP contribution < -0.4 is 10.0 Å². The van der Waals surface area contributed by atoms with Crippen molar-refractivity contribution in [2.45, 2.75) is 20.3 Å². The number of halogens is 1. The van der Waals surface area contributed by atoms with Gasteiger partial charge >= 0.3 is 0 Å². The lowest BCUT2D eigenvalue weighted by Crippen LogP contribution is -2.26. The molecule has 1 aromatic rings. The summed E-state index contributed by atoms with van der Waals surface area (Å²) in [6, 6.07) is 5.55. The Kier molecular flexibility index (Phi) is 6.11. The van der Waals surface area contributed by atoms with E-state index in [0.29, 0.717) is 12.2 Å². The zero-order valence-corrected chi connectivity index (χ0v) is 13.1. The van der Waals surface area contributed by atoms with Crippen molar-refractivity contribution in [1.82, 2.24) is 5.32 Å². The SMILES string of the molecule is CCNCCS(=O)(=O)Nc1ccc(Br)cc1CC. The normalized spacial score (nSPS) is 11.5. The minimum atomic E-state index is -3.28. The molecule has 0 heterocycles. The van der Waals surface area contributed by atoms with Crippen LogP contribution in [0.1, 0.15) is 19.4 Å². The van der Waals surface area contributed by atoms with Crippen molar-refractivity contribution in [3.8, 4) is 0 Å². The van der Waals surface area contributed by atoms with Crippen molar-refractivity contribution in [3.63, 3.8) is 0 Å². The molecular weight excluding hydrogens is 316 g/mol. The van der Waals surface area contributed by atoms with Crippen LogP contribution in [0.4, 0.5) is 5.69 Å². The zero-order chi connectivity index (χ0) is 13.6. The van der Waals surface area contributed by atoms with Crippen LogP contribution in [0.3, 0.4) is 0 Å². The highest BCUT2D eigenvalue weighted by Crippen LogP contribution is 2.22. The Labute approximate surface area is 117 Å². The summed E-state index contributed by atoms with van der Waals surface area (Å²) in [7, 11) is -3.28. The second kappa shape index (κ2) is 7.11. The lowest BCUT2D eigenvalue weighted by Gasteiger charge is -2.12. The van der Waals surface area contributed by atoms with Gasteiger partial charge in [-0.15, -0.1) is 0 Å². The van der Waals surface area contributed by atoms with Gasteiger partial charge < -0.3 is 5.32 Å². The van der Waals surface area contributed by atoms with E-state index in [0.717, 1.165) is 23.0 Å². The molecule has 1 rings (SSSR count). The van der Waals surface area contributed by atoms with Gasteiger partial charge in [0.05, 0.1) is 11.4 Å². The lowest BCUT2D eigenvalue weighted by molar-refractivity contribution is 0.597. The molecule has 0 unspecified atom stereocenters. The minimum absolute atomic E-state index is 0.0834. The van der Waals surface area contributed by atoms with Crippen molar-refractivity contribution in [2.75, 3.05) is 23.6 Å². The number of benzene rings is 1. The number of anilines is 1. The van der Waals surface area contributed by atoms with Crippen LogP contribution in [0.15, 0.2) is 22.7 Å². The summed E-state index contributed by atoms with van der Waals surface area (Å²) in [4.78, 5) is 0. The van der Waals surface area contributed by atoms with E-state index < -0.39 is 10.0 Å². The fraction of sp³-hybridized carbons (Fsp3) is 0.500. The molecule has 4 nitrogen and oxygen atoms in total. The van der Waals surface area contributed by atoms with Gasteiger partial charge in [0.15, 0.2) is 0 Å². The quantitative estimate of drug-likeness (QED) is 0.752. The molecule has 1 aromatic carbocycles. The largest absolute Gasteiger partial charge is 0.316 e. The van der Waals surface area contributed by atoms with E-state index in [4.69, 9.17) is 0 Å². The van der Waals surface area contributed by atoms with E-state index >= 15 is 0 Å². The first-order valence-electron chi connectivity index (χ1n) is 5.98. The molecule has 0 spiro atoms. The second-order valence-corrected chi connectivity index (χ2v) is 6.69. The Morgan fingerprint density at radius 1 is 1.28 bits per heavy atom.